The molecule has 1 aliphatic rings. The van der Waals surface area contributed by atoms with Crippen LogP contribution in [0.5, 0.6) is 0 Å². The Bertz CT molecular complexity index is 611. The molecule has 0 spiro atoms. The Morgan fingerprint density at radius 1 is 1.43 bits per heavy atom. The van der Waals surface area contributed by atoms with Gasteiger partial charge in [-0.15, -0.1) is 0 Å². The normalized spacial score (nSPS) is 26.7. The highest BCUT2D eigenvalue weighted by Crippen LogP contribution is 2.33. The van der Waals surface area contributed by atoms with Gasteiger partial charge >= 0.3 is 0 Å². The minimum Gasteiger partial charge on any atom is -0.398 e. The van der Waals surface area contributed by atoms with Gasteiger partial charge in [0.15, 0.2) is 0 Å². The molecular weight excluding hydrogens is 356 g/mol. The van der Waals surface area contributed by atoms with Crippen LogP contribution in [0.4, 0.5) is 5.69 Å². The van der Waals surface area contributed by atoms with Crippen molar-refractivity contribution in [2.45, 2.75) is 43.0 Å². The number of nitrogens with two attached hydrogens (primary N) is 1. The van der Waals surface area contributed by atoms with Gasteiger partial charge in [0, 0.05) is 10.2 Å². The molecule has 0 bridgehead atoms. The molecule has 1 fully saturated rings. The third kappa shape index (κ3) is 3.77. The monoisotopic (exact) mass is 376 g/mol. The number of anilines is 1. The lowest BCUT2D eigenvalue weighted by Crippen LogP contribution is -2.53. The number of nitrogen functional groups attached to an aromatic ring is 1. The van der Waals surface area contributed by atoms with Crippen LogP contribution >= 0.6 is 15.9 Å². The summed E-state index contributed by atoms with van der Waals surface area (Å²) in [7, 11) is -3.68. The van der Waals surface area contributed by atoms with Gasteiger partial charge in [0.1, 0.15) is 0 Å². The topological polar surface area (TPSA) is 92.4 Å². The van der Waals surface area contributed by atoms with Gasteiger partial charge in [-0.2, -0.15) is 0 Å². The third-order valence-corrected chi connectivity index (χ3v) is 6.43. The lowest BCUT2D eigenvalue weighted by atomic mass is 9.78. The second-order valence-electron chi connectivity index (χ2n) is 5.91. The van der Waals surface area contributed by atoms with Gasteiger partial charge in [0.05, 0.1) is 17.0 Å². The first-order valence-corrected chi connectivity index (χ1v) is 9.25. The SMILES string of the molecule is CC1CCC(CO)(NS(=O)(=O)c2ccc(N)c(Br)c2)CC1. The molecule has 0 aliphatic heterocycles. The maximum atomic E-state index is 12.5. The van der Waals surface area contributed by atoms with Gasteiger partial charge in [-0.3, -0.25) is 0 Å². The van der Waals surface area contributed by atoms with Crippen LogP contribution in [0.3, 0.4) is 0 Å². The van der Waals surface area contributed by atoms with Crippen molar-refractivity contribution in [2.24, 2.45) is 5.92 Å². The van der Waals surface area contributed by atoms with Crippen molar-refractivity contribution in [3.63, 3.8) is 0 Å². The molecule has 7 heteroatoms. The summed E-state index contributed by atoms with van der Waals surface area (Å²) >= 11 is 3.24. The Hall–Kier alpha value is -0.630. The van der Waals surface area contributed by atoms with E-state index in [9.17, 15) is 13.5 Å². The molecule has 0 heterocycles. The molecule has 0 aromatic heterocycles. The van der Waals surface area contributed by atoms with Crippen molar-refractivity contribution in [2.75, 3.05) is 12.3 Å². The van der Waals surface area contributed by atoms with Crippen LogP contribution in [0.2, 0.25) is 0 Å². The molecule has 2 rings (SSSR count). The van der Waals surface area contributed by atoms with Crippen LogP contribution in [-0.2, 0) is 10.0 Å². The first-order chi connectivity index (χ1) is 9.78. The maximum absolute atomic E-state index is 12.5. The Balaban J connectivity index is 2.25. The number of benzene rings is 1. The van der Waals surface area contributed by atoms with Crippen molar-refractivity contribution in [3.8, 4) is 0 Å². The van der Waals surface area contributed by atoms with Crippen LogP contribution in [0.25, 0.3) is 0 Å². The molecule has 1 saturated carbocycles. The Kier molecular flexibility index (Phi) is 4.97. The minimum atomic E-state index is -3.68. The van der Waals surface area contributed by atoms with Gasteiger partial charge in [-0.25, -0.2) is 13.1 Å². The van der Waals surface area contributed by atoms with Crippen molar-refractivity contribution in [1.82, 2.24) is 4.72 Å². The predicted octanol–water partition coefficient (Wildman–Crippen LogP) is 2.25. The van der Waals surface area contributed by atoms with E-state index in [0.29, 0.717) is 28.9 Å². The van der Waals surface area contributed by atoms with E-state index in [1.807, 2.05) is 0 Å². The summed E-state index contributed by atoms with van der Waals surface area (Å²) in [6, 6.07) is 4.50. The van der Waals surface area contributed by atoms with E-state index < -0.39 is 15.6 Å². The highest BCUT2D eigenvalue weighted by Gasteiger charge is 2.37. The average Bonchev–Trinajstić information content (AvgIpc) is 2.44. The fourth-order valence-electron chi connectivity index (χ4n) is 2.63. The molecule has 0 amide bonds. The van der Waals surface area contributed by atoms with Crippen LogP contribution in [0.15, 0.2) is 27.6 Å². The number of aliphatic hydroxyl groups excluding tert-OH is 1. The highest BCUT2D eigenvalue weighted by atomic mass is 79.9. The van der Waals surface area contributed by atoms with E-state index in [1.165, 1.54) is 12.1 Å². The van der Waals surface area contributed by atoms with Crippen LogP contribution in [0, 0.1) is 5.92 Å². The van der Waals surface area contributed by atoms with Crippen molar-refractivity contribution in [1.29, 1.82) is 0 Å². The van der Waals surface area contributed by atoms with E-state index in [0.717, 1.165) is 12.8 Å². The molecule has 1 aliphatic carbocycles. The largest absolute Gasteiger partial charge is 0.398 e. The van der Waals surface area contributed by atoms with E-state index >= 15 is 0 Å². The summed E-state index contributed by atoms with van der Waals surface area (Å²) in [5.74, 6) is 0.569. The Morgan fingerprint density at radius 2 is 2.05 bits per heavy atom. The number of sulfonamides is 1. The number of rotatable bonds is 4. The summed E-state index contributed by atoms with van der Waals surface area (Å²) in [6.45, 7) is 1.96. The first kappa shape index (κ1) is 16.7. The molecule has 1 aromatic carbocycles. The summed E-state index contributed by atoms with van der Waals surface area (Å²) in [6.07, 6.45) is 3.13. The highest BCUT2D eigenvalue weighted by molar-refractivity contribution is 9.10. The van der Waals surface area contributed by atoms with Crippen molar-refractivity contribution < 1.29 is 13.5 Å². The zero-order valence-corrected chi connectivity index (χ0v) is 14.4. The second kappa shape index (κ2) is 6.24. The number of hydrogen-bond donors (Lipinski definition) is 3. The number of aliphatic hydroxyl groups is 1. The summed E-state index contributed by atoms with van der Waals surface area (Å²) in [4.78, 5) is 0.148. The molecule has 118 valence electrons. The predicted molar refractivity (Wildman–Crippen MR) is 86.3 cm³/mol. The second-order valence-corrected chi connectivity index (χ2v) is 8.45. The Labute approximate surface area is 134 Å². The van der Waals surface area contributed by atoms with E-state index in [4.69, 9.17) is 5.73 Å². The molecule has 0 radical (unpaired) electrons. The number of halogens is 1. The molecular formula is C14H21BrN2O3S. The summed E-state index contributed by atoms with van der Waals surface area (Å²) < 4.78 is 28.3. The van der Waals surface area contributed by atoms with Crippen molar-refractivity contribution >= 4 is 31.6 Å². The van der Waals surface area contributed by atoms with E-state index in [-0.39, 0.29) is 11.5 Å². The molecule has 0 saturated heterocycles. The smallest absolute Gasteiger partial charge is 0.241 e. The van der Waals surface area contributed by atoms with Gasteiger partial charge in [-0.1, -0.05) is 6.92 Å². The van der Waals surface area contributed by atoms with Crippen LogP contribution in [0.1, 0.15) is 32.6 Å². The van der Waals surface area contributed by atoms with Gasteiger partial charge in [0.2, 0.25) is 10.0 Å². The van der Waals surface area contributed by atoms with Crippen LogP contribution < -0.4 is 10.5 Å². The molecule has 5 nitrogen and oxygen atoms in total. The lowest BCUT2D eigenvalue weighted by Gasteiger charge is -2.38. The van der Waals surface area contributed by atoms with E-state index in [1.54, 1.807) is 6.07 Å². The fraction of sp³-hybridized carbons (Fsp3) is 0.571. The first-order valence-electron chi connectivity index (χ1n) is 6.98. The molecule has 0 atom stereocenters. The molecule has 1 aromatic rings. The molecule has 0 unspecified atom stereocenters. The molecule has 4 N–H and O–H groups in total. The van der Waals surface area contributed by atoms with E-state index in [2.05, 4.69) is 27.6 Å². The average molecular weight is 377 g/mol. The summed E-state index contributed by atoms with van der Waals surface area (Å²) in [5, 5.41) is 9.68. The zero-order valence-electron chi connectivity index (χ0n) is 12.0. The van der Waals surface area contributed by atoms with Gasteiger partial charge in [0.25, 0.3) is 0 Å². The quantitative estimate of drug-likeness (QED) is 0.702. The summed E-state index contributed by atoms with van der Waals surface area (Å²) in [5.41, 5.74) is 5.41. The number of hydrogen-bond acceptors (Lipinski definition) is 4. The van der Waals surface area contributed by atoms with Gasteiger partial charge in [-0.05, 0) is 65.7 Å². The van der Waals surface area contributed by atoms with Crippen molar-refractivity contribution in [3.05, 3.63) is 22.7 Å². The zero-order chi connectivity index (χ0) is 15.7. The fourth-order valence-corrected chi connectivity index (χ4v) is 4.63. The van der Waals surface area contributed by atoms with Gasteiger partial charge < -0.3 is 10.8 Å². The minimum absolute atomic E-state index is 0.148. The number of nitrogens with one attached hydrogen (secondary N) is 1. The standard InChI is InChI=1S/C14H21BrN2O3S/c1-10-4-6-14(9-18,7-5-10)17-21(19,20)11-2-3-13(16)12(15)8-11/h2-3,8,10,17-18H,4-7,9,16H2,1H3. The van der Waals surface area contributed by atoms with Crippen LogP contribution in [-0.4, -0.2) is 25.7 Å². The Morgan fingerprint density at radius 3 is 2.57 bits per heavy atom. The maximum Gasteiger partial charge on any atom is 0.241 e. The lowest BCUT2D eigenvalue weighted by molar-refractivity contribution is 0.125. The third-order valence-electron chi connectivity index (χ3n) is 4.17. The molecule has 21 heavy (non-hydrogen) atoms.